The number of rotatable bonds is 5. The molecule has 0 N–H and O–H groups in total. The molecule has 5 nitrogen and oxygen atoms in total. The van der Waals surface area contributed by atoms with Gasteiger partial charge in [-0.1, -0.05) is 67.3 Å². The van der Waals surface area contributed by atoms with E-state index in [-0.39, 0.29) is 11.5 Å². The van der Waals surface area contributed by atoms with Crippen molar-refractivity contribution in [1.82, 2.24) is 9.47 Å². The van der Waals surface area contributed by atoms with E-state index in [9.17, 15) is 9.59 Å². The fourth-order valence-electron chi connectivity index (χ4n) is 3.35. The monoisotopic (exact) mass is 475 g/mol. The van der Waals surface area contributed by atoms with Crippen molar-refractivity contribution in [3.8, 4) is 0 Å². The van der Waals surface area contributed by atoms with Crippen molar-refractivity contribution in [3.63, 3.8) is 0 Å². The molecule has 9 heteroatoms. The summed E-state index contributed by atoms with van der Waals surface area (Å²) in [5.74, 6) is -0.149. The van der Waals surface area contributed by atoms with E-state index in [0.29, 0.717) is 31.5 Å². The predicted octanol–water partition coefficient (Wildman–Crippen LogP) is 3.17. The zero-order chi connectivity index (χ0) is 21.4. The number of carbonyl (C=O) groups excluding carboxylic acids is 1. The van der Waals surface area contributed by atoms with E-state index in [0.717, 1.165) is 28.5 Å². The smallest absolute Gasteiger partial charge is 0.271 e. The van der Waals surface area contributed by atoms with Crippen LogP contribution in [-0.2, 0) is 11.3 Å². The molecule has 2 aromatic rings. The molecule has 0 aliphatic carbocycles. The molecule has 0 bridgehead atoms. The van der Waals surface area contributed by atoms with Crippen LogP contribution < -0.4 is 19.7 Å². The molecule has 1 amide bonds. The van der Waals surface area contributed by atoms with Crippen molar-refractivity contribution in [2.24, 2.45) is 0 Å². The molecular formula is C21H21N3O2S4. The molecular weight excluding hydrogens is 455 g/mol. The highest BCUT2D eigenvalue weighted by Gasteiger charge is 2.34. The van der Waals surface area contributed by atoms with Gasteiger partial charge in [-0.3, -0.25) is 19.1 Å². The number of fused-ring (bicyclic) bond motifs is 1. The van der Waals surface area contributed by atoms with Crippen molar-refractivity contribution in [3.05, 3.63) is 56.5 Å². The summed E-state index contributed by atoms with van der Waals surface area (Å²) in [5, 5.41) is 0.907. The first-order valence-electron chi connectivity index (χ1n) is 9.61. The van der Waals surface area contributed by atoms with Gasteiger partial charge in [-0.25, -0.2) is 0 Å². The van der Waals surface area contributed by atoms with E-state index >= 15 is 0 Å². The molecule has 1 aromatic carbocycles. The Labute approximate surface area is 192 Å². The Balaban J connectivity index is 1.95. The molecule has 0 atom stereocenters. The van der Waals surface area contributed by atoms with Gasteiger partial charge >= 0.3 is 0 Å². The topological polar surface area (TPSA) is 45.6 Å². The summed E-state index contributed by atoms with van der Waals surface area (Å²) in [6.45, 7) is 6.76. The molecule has 0 saturated carbocycles. The number of hydrogen-bond acceptors (Lipinski definition) is 7. The number of thiocarbonyl (C=S) groups is 1. The molecule has 156 valence electrons. The SMILES string of the molecule is C=CCN1C(=O)/C(=c2/s/c(=C3\Sc4ccccc4N3C)c(=O)n2CCCC)SC1=S. The zero-order valence-electron chi connectivity index (χ0n) is 16.7. The molecule has 4 rings (SSSR count). The first kappa shape index (κ1) is 21.4. The lowest BCUT2D eigenvalue weighted by molar-refractivity contribution is -0.120. The highest BCUT2D eigenvalue weighted by Crippen LogP contribution is 2.45. The number of hydrogen-bond donors (Lipinski definition) is 0. The van der Waals surface area contributed by atoms with Crippen LogP contribution in [0.4, 0.5) is 5.69 Å². The third kappa shape index (κ3) is 3.57. The Bertz CT molecular complexity index is 1230. The van der Waals surface area contributed by atoms with Gasteiger partial charge in [0.1, 0.15) is 23.4 Å². The third-order valence-electron chi connectivity index (χ3n) is 4.91. The summed E-state index contributed by atoms with van der Waals surface area (Å²) in [6, 6.07) is 8.11. The van der Waals surface area contributed by atoms with Crippen LogP contribution >= 0.6 is 47.1 Å². The van der Waals surface area contributed by atoms with Crippen molar-refractivity contribution in [1.29, 1.82) is 0 Å². The highest BCUT2D eigenvalue weighted by molar-refractivity contribution is 8.30. The summed E-state index contributed by atoms with van der Waals surface area (Å²) < 4.78 is 3.63. The lowest BCUT2D eigenvalue weighted by atomic mass is 10.3. The normalized spacial score (nSPS) is 19.7. The maximum absolute atomic E-state index is 13.4. The summed E-state index contributed by atoms with van der Waals surface area (Å²) in [6.07, 6.45) is 3.49. The Morgan fingerprint density at radius 3 is 2.67 bits per heavy atom. The number of thiazole rings is 1. The Morgan fingerprint density at radius 1 is 1.20 bits per heavy atom. The Hall–Kier alpha value is -1.81. The van der Waals surface area contributed by atoms with E-state index in [1.165, 1.54) is 28.0 Å². The number of para-hydroxylation sites is 1. The van der Waals surface area contributed by atoms with E-state index in [4.69, 9.17) is 12.2 Å². The van der Waals surface area contributed by atoms with E-state index in [1.54, 1.807) is 22.4 Å². The van der Waals surface area contributed by atoms with Gasteiger partial charge in [-0.15, -0.1) is 17.9 Å². The molecule has 30 heavy (non-hydrogen) atoms. The van der Waals surface area contributed by atoms with E-state index in [2.05, 4.69) is 30.5 Å². The van der Waals surface area contributed by atoms with Crippen LogP contribution in [0.25, 0.3) is 9.93 Å². The van der Waals surface area contributed by atoms with Crippen molar-refractivity contribution < 1.29 is 4.79 Å². The van der Waals surface area contributed by atoms with Crippen LogP contribution in [0.3, 0.4) is 0 Å². The highest BCUT2D eigenvalue weighted by atomic mass is 32.2. The van der Waals surface area contributed by atoms with E-state index < -0.39 is 0 Å². The molecule has 3 heterocycles. The van der Waals surface area contributed by atoms with Gasteiger partial charge in [0.25, 0.3) is 11.5 Å². The number of aromatic nitrogens is 1. The van der Waals surface area contributed by atoms with Crippen molar-refractivity contribution >= 4 is 72.9 Å². The second kappa shape index (κ2) is 8.74. The Kier molecular flexibility index (Phi) is 6.24. The summed E-state index contributed by atoms with van der Waals surface area (Å²) in [7, 11) is 1.98. The second-order valence-electron chi connectivity index (χ2n) is 6.88. The molecule has 2 aliphatic rings. The number of nitrogens with zero attached hydrogens (tertiary/aromatic N) is 3. The molecule has 0 unspecified atom stereocenters. The number of carbonyl (C=O) groups is 1. The van der Waals surface area contributed by atoms with Gasteiger partial charge in [0.2, 0.25) is 0 Å². The maximum atomic E-state index is 13.4. The summed E-state index contributed by atoms with van der Waals surface area (Å²) in [5.41, 5.74) is 1.05. The van der Waals surface area contributed by atoms with Gasteiger partial charge in [-0.2, -0.15) is 0 Å². The summed E-state index contributed by atoms with van der Waals surface area (Å²) >= 11 is 9.67. The van der Waals surface area contributed by atoms with Crippen molar-refractivity contribution in [2.45, 2.75) is 31.2 Å². The van der Waals surface area contributed by atoms with Crippen LogP contribution in [0.1, 0.15) is 19.8 Å². The van der Waals surface area contributed by atoms with Gasteiger partial charge in [0.15, 0.2) is 0 Å². The van der Waals surface area contributed by atoms with Crippen LogP contribution in [-0.4, -0.2) is 33.3 Å². The standard InChI is InChI=1S/C21H21N3O2S4/c1-4-6-12-23-17(25)15(19-22(3)13-9-7-8-10-14(13)28-19)29-20(23)16-18(26)24(11-5-2)21(27)30-16/h5,7-10H,2,4,6,11-12H2,1,3H3/b19-15-,20-16-. The minimum absolute atomic E-state index is 0.0420. The van der Waals surface area contributed by atoms with E-state index in [1.807, 2.05) is 19.2 Å². The number of benzene rings is 1. The predicted molar refractivity (Wildman–Crippen MR) is 132 cm³/mol. The minimum Gasteiger partial charge on any atom is -0.337 e. The minimum atomic E-state index is -0.149. The second-order valence-corrected chi connectivity index (χ2v) is 10.6. The molecule has 0 spiro atoms. The van der Waals surface area contributed by atoms with Crippen LogP contribution in [0.5, 0.6) is 0 Å². The van der Waals surface area contributed by atoms with Crippen LogP contribution in [0, 0.1) is 0 Å². The average Bonchev–Trinajstić information content (AvgIpc) is 3.34. The first-order valence-corrected chi connectivity index (χ1v) is 12.5. The molecule has 2 aliphatic heterocycles. The fraction of sp³-hybridized carbons (Fsp3) is 0.286. The number of anilines is 1. The number of unbranched alkanes of at least 4 members (excludes halogenated alkanes) is 1. The maximum Gasteiger partial charge on any atom is 0.271 e. The summed E-state index contributed by atoms with van der Waals surface area (Å²) in [4.78, 5) is 31.7. The quantitative estimate of drug-likeness (QED) is 0.489. The lowest BCUT2D eigenvalue weighted by Crippen LogP contribution is -2.35. The molecule has 1 saturated heterocycles. The fourth-order valence-corrected chi connectivity index (χ4v) is 7.25. The number of thioether (sulfide) groups is 2. The molecule has 1 aromatic heterocycles. The zero-order valence-corrected chi connectivity index (χ0v) is 20.0. The van der Waals surface area contributed by atoms with Gasteiger partial charge in [-0.05, 0) is 18.6 Å². The molecule has 1 fully saturated rings. The molecule has 0 radical (unpaired) electrons. The van der Waals surface area contributed by atoms with Crippen LogP contribution in [0.15, 0.2) is 46.6 Å². The third-order valence-corrected chi connectivity index (χ3v) is 9.03. The lowest BCUT2D eigenvalue weighted by Gasteiger charge is -2.11. The largest absolute Gasteiger partial charge is 0.337 e. The Morgan fingerprint density at radius 2 is 1.97 bits per heavy atom. The van der Waals surface area contributed by atoms with Crippen molar-refractivity contribution in [2.75, 3.05) is 18.5 Å². The van der Waals surface area contributed by atoms with Gasteiger partial charge in [0, 0.05) is 25.0 Å². The van der Waals surface area contributed by atoms with Gasteiger partial charge in [0.05, 0.1) is 5.69 Å². The average molecular weight is 476 g/mol. The van der Waals surface area contributed by atoms with Crippen LogP contribution in [0.2, 0.25) is 0 Å². The first-order chi connectivity index (χ1) is 14.5. The van der Waals surface area contributed by atoms with Gasteiger partial charge < -0.3 is 4.90 Å². The number of amides is 1.